The average Bonchev–Trinajstić information content (AvgIpc) is 3.16. The summed E-state index contributed by atoms with van der Waals surface area (Å²) in [7, 11) is 1.82. The van der Waals surface area contributed by atoms with E-state index in [-0.39, 0.29) is 5.91 Å². The summed E-state index contributed by atoms with van der Waals surface area (Å²) in [4.78, 5) is 16.7. The Labute approximate surface area is 115 Å². The summed E-state index contributed by atoms with van der Waals surface area (Å²) in [5.74, 6) is 1.74. The molecule has 2 rings (SSSR count). The number of rotatable bonds is 5. The fourth-order valence-electron chi connectivity index (χ4n) is 2.23. The summed E-state index contributed by atoms with van der Waals surface area (Å²) in [5, 5.41) is 6.11. The Morgan fingerprint density at radius 3 is 2.74 bits per heavy atom. The topological polar surface area (TPSA) is 54.0 Å². The monoisotopic (exact) mass is 261 g/mol. The average molecular weight is 261 g/mol. The highest BCUT2D eigenvalue weighted by Gasteiger charge is 2.36. The SMILES string of the molecule is CCC1CC1NC(=O)c1cc(NC)nc(C(C)C)c1. The smallest absolute Gasteiger partial charge is 0.251 e. The van der Waals surface area contributed by atoms with E-state index < -0.39 is 0 Å². The van der Waals surface area contributed by atoms with Gasteiger partial charge in [-0.2, -0.15) is 0 Å². The van der Waals surface area contributed by atoms with E-state index in [1.165, 1.54) is 0 Å². The van der Waals surface area contributed by atoms with Gasteiger partial charge in [-0.05, 0) is 30.4 Å². The number of carbonyl (C=O) groups excluding carboxylic acids is 1. The van der Waals surface area contributed by atoms with Crippen LogP contribution in [0.5, 0.6) is 0 Å². The van der Waals surface area contributed by atoms with Crippen molar-refractivity contribution in [3.05, 3.63) is 23.4 Å². The Hall–Kier alpha value is -1.58. The molecule has 19 heavy (non-hydrogen) atoms. The summed E-state index contributed by atoms with van der Waals surface area (Å²) in [5.41, 5.74) is 1.64. The maximum atomic E-state index is 12.2. The number of hydrogen-bond donors (Lipinski definition) is 2. The van der Waals surface area contributed by atoms with Gasteiger partial charge in [-0.15, -0.1) is 0 Å². The van der Waals surface area contributed by atoms with Crippen molar-refractivity contribution in [3.63, 3.8) is 0 Å². The number of hydrogen-bond acceptors (Lipinski definition) is 3. The first kappa shape index (κ1) is 13.8. The van der Waals surface area contributed by atoms with Crippen molar-refractivity contribution in [2.75, 3.05) is 12.4 Å². The first-order chi connectivity index (χ1) is 9.05. The summed E-state index contributed by atoms with van der Waals surface area (Å²) in [6, 6.07) is 4.07. The molecule has 1 aliphatic carbocycles. The molecule has 4 heteroatoms. The van der Waals surface area contributed by atoms with Crippen molar-refractivity contribution in [2.45, 2.75) is 45.6 Å². The van der Waals surface area contributed by atoms with Gasteiger partial charge in [0.1, 0.15) is 5.82 Å². The zero-order valence-corrected chi connectivity index (χ0v) is 12.2. The minimum atomic E-state index is 0.0155. The van der Waals surface area contributed by atoms with E-state index in [2.05, 4.69) is 36.4 Å². The van der Waals surface area contributed by atoms with Crippen LogP contribution in [0.1, 0.15) is 55.6 Å². The molecule has 0 spiro atoms. The zero-order valence-electron chi connectivity index (χ0n) is 12.2. The Morgan fingerprint density at radius 2 is 2.21 bits per heavy atom. The Morgan fingerprint density at radius 1 is 1.47 bits per heavy atom. The minimum absolute atomic E-state index is 0.0155. The molecule has 2 unspecified atom stereocenters. The molecule has 0 aliphatic heterocycles. The van der Waals surface area contributed by atoms with Gasteiger partial charge < -0.3 is 10.6 Å². The molecule has 0 radical (unpaired) electrons. The minimum Gasteiger partial charge on any atom is -0.373 e. The maximum absolute atomic E-state index is 12.2. The highest BCUT2D eigenvalue weighted by Crippen LogP contribution is 2.33. The predicted molar refractivity (Wildman–Crippen MR) is 77.5 cm³/mol. The van der Waals surface area contributed by atoms with Crippen LogP contribution in [-0.4, -0.2) is 24.0 Å². The second kappa shape index (κ2) is 5.59. The first-order valence-corrected chi connectivity index (χ1v) is 7.05. The lowest BCUT2D eigenvalue weighted by atomic mass is 10.1. The van der Waals surface area contributed by atoms with Gasteiger partial charge in [0.2, 0.25) is 0 Å². The summed E-state index contributed by atoms with van der Waals surface area (Å²) < 4.78 is 0. The van der Waals surface area contributed by atoms with Crippen LogP contribution in [0.2, 0.25) is 0 Å². The molecular formula is C15H23N3O. The van der Waals surface area contributed by atoms with Gasteiger partial charge in [-0.1, -0.05) is 27.2 Å². The van der Waals surface area contributed by atoms with Crippen LogP contribution in [0, 0.1) is 5.92 Å². The first-order valence-electron chi connectivity index (χ1n) is 7.05. The molecule has 1 amide bonds. The fourth-order valence-corrected chi connectivity index (χ4v) is 2.23. The Bertz CT molecular complexity index is 470. The molecule has 1 saturated carbocycles. The van der Waals surface area contributed by atoms with Gasteiger partial charge in [0.25, 0.3) is 5.91 Å². The van der Waals surface area contributed by atoms with Crippen LogP contribution in [0.3, 0.4) is 0 Å². The molecule has 2 atom stereocenters. The summed E-state index contributed by atoms with van der Waals surface area (Å²) in [6.45, 7) is 6.33. The molecule has 1 aromatic heterocycles. The van der Waals surface area contributed by atoms with Crippen LogP contribution < -0.4 is 10.6 Å². The van der Waals surface area contributed by atoms with Gasteiger partial charge in [0.05, 0.1) is 0 Å². The largest absolute Gasteiger partial charge is 0.373 e. The number of nitrogens with zero attached hydrogens (tertiary/aromatic N) is 1. The third kappa shape index (κ3) is 3.25. The summed E-state index contributed by atoms with van der Waals surface area (Å²) >= 11 is 0. The number of amides is 1. The van der Waals surface area contributed by atoms with E-state index in [1.807, 2.05) is 19.2 Å². The lowest BCUT2D eigenvalue weighted by Crippen LogP contribution is -2.27. The van der Waals surface area contributed by atoms with Crippen molar-refractivity contribution < 1.29 is 4.79 Å². The number of aromatic nitrogens is 1. The van der Waals surface area contributed by atoms with Crippen molar-refractivity contribution in [3.8, 4) is 0 Å². The van der Waals surface area contributed by atoms with E-state index in [0.717, 1.165) is 24.4 Å². The van der Waals surface area contributed by atoms with E-state index in [0.29, 0.717) is 23.4 Å². The van der Waals surface area contributed by atoms with Gasteiger partial charge in [0.15, 0.2) is 0 Å². The van der Waals surface area contributed by atoms with E-state index >= 15 is 0 Å². The maximum Gasteiger partial charge on any atom is 0.251 e. The van der Waals surface area contributed by atoms with Crippen molar-refractivity contribution in [1.29, 1.82) is 0 Å². The lowest BCUT2D eigenvalue weighted by Gasteiger charge is -2.11. The van der Waals surface area contributed by atoms with Crippen LogP contribution in [0.25, 0.3) is 0 Å². The second-order valence-electron chi connectivity index (χ2n) is 5.55. The van der Waals surface area contributed by atoms with Crippen molar-refractivity contribution in [1.82, 2.24) is 10.3 Å². The third-order valence-electron chi connectivity index (χ3n) is 3.72. The molecule has 0 bridgehead atoms. The number of pyridine rings is 1. The Kier molecular flexibility index (Phi) is 4.08. The molecule has 4 nitrogen and oxygen atoms in total. The number of anilines is 1. The third-order valence-corrected chi connectivity index (χ3v) is 3.72. The molecule has 0 aromatic carbocycles. The van der Waals surface area contributed by atoms with Gasteiger partial charge in [-0.25, -0.2) is 4.98 Å². The van der Waals surface area contributed by atoms with Gasteiger partial charge in [0, 0.05) is 24.3 Å². The highest BCUT2D eigenvalue weighted by molar-refractivity contribution is 5.95. The number of nitrogens with one attached hydrogen (secondary N) is 2. The zero-order chi connectivity index (χ0) is 14.0. The highest BCUT2D eigenvalue weighted by atomic mass is 16.1. The van der Waals surface area contributed by atoms with Gasteiger partial charge >= 0.3 is 0 Å². The molecule has 2 N–H and O–H groups in total. The van der Waals surface area contributed by atoms with Crippen molar-refractivity contribution >= 4 is 11.7 Å². The summed E-state index contributed by atoms with van der Waals surface area (Å²) in [6.07, 6.45) is 2.25. The Balaban J connectivity index is 2.14. The second-order valence-corrected chi connectivity index (χ2v) is 5.55. The van der Waals surface area contributed by atoms with Crippen LogP contribution >= 0.6 is 0 Å². The quantitative estimate of drug-likeness (QED) is 0.857. The lowest BCUT2D eigenvalue weighted by molar-refractivity contribution is 0.0949. The van der Waals surface area contributed by atoms with Crippen LogP contribution in [0.4, 0.5) is 5.82 Å². The normalized spacial score (nSPS) is 21.3. The molecule has 1 fully saturated rings. The molecule has 1 aliphatic rings. The van der Waals surface area contributed by atoms with Crippen LogP contribution in [0.15, 0.2) is 12.1 Å². The predicted octanol–water partition coefficient (Wildman–Crippen LogP) is 2.78. The molecular weight excluding hydrogens is 238 g/mol. The molecule has 1 heterocycles. The van der Waals surface area contributed by atoms with E-state index in [4.69, 9.17) is 0 Å². The van der Waals surface area contributed by atoms with Gasteiger partial charge in [-0.3, -0.25) is 4.79 Å². The van der Waals surface area contributed by atoms with E-state index in [9.17, 15) is 4.79 Å². The number of carbonyl (C=O) groups is 1. The molecule has 104 valence electrons. The standard InChI is InChI=1S/C15H23N3O/c1-5-10-6-13(10)18-15(19)11-7-12(9(2)3)17-14(8-11)16-4/h7-10,13H,5-6H2,1-4H3,(H,16,17)(H,18,19). The molecule has 0 saturated heterocycles. The fraction of sp³-hybridized carbons (Fsp3) is 0.600. The van der Waals surface area contributed by atoms with Crippen molar-refractivity contribution in [2.24, 2.45) is 5.92 Å². The van der Waals surface area contributed by atoms with E-state index in [1.54, 1.807) is 0 Å². The van der Waals surface area contributed by atoms with Crippen LogP contribution in [-0.2, 0) is 0 Å². The molecule has 1 aromatic rings.